The molecule has 1 aliphatic heterocycles. The average Bonchev–Trinajstić information content (AvgIpc) is 3.45. The summed E-state index contributed by atoms with van der Waals surface area (Å²) in [5.41, 5.74) is 0. The first kappa shape index (κ1) is 22.1. The fourth-order valence-corrected chi connectivity index (χ4v) is 4.41. The van der Waals surface area contributed by atoms with Crippen LogP contribution >= 0.6 is 11.3 Å². The zero-order valence-electron chi connectivity index (χ0n) is 17.3. The standard InChI is InChI=1S/C22H29N3O4S/c1-2-3-4-5-12-23-20(26)16-8-6-13-25(15-16)22(28)18-10-11-19(30-18)24-21(27)17-9-7-14-29-17/h7,9-11,14,16H,2-6,8,12-13,15H2,1H3,(H,23,26)(H,24,27)/t16-/m0/s1. The number of hydrogen-bond acceptors (Lipinski definition) is 5. The van der Waals surface area contributed by atoms with E-state index in [9.17, 15) is 14.4 Å². The molecule has 3 heterocycles. The van der Waals surface area contributed by atoms with Crippen molar-refractivity contribution in [2.75, 3.05) is 25.0 Å². The highest BCUT2D eigenvalue weighted by atomic mass is 32.1. The van der Waals surface area contributed by atoms with Gasteiger partial charge in [0.15, 0.2) is 5.76 Å². The number of nitrogens with zero attached hydrogens (tertiary/aromatic N) is 1. The van der Waals surface area contributed by atoms with Crippen LogP contribution < -0.4 is 10.6 Å². The Hall–Kier alpha value is -2.61. The highest BCUT2D eigenvalue weighted by Gasteiger charge is 2.29. The van der Waals surface area contributed by atoms with E-state index < -0.39 is 0 Å². The molecule has 0 bridgehead atoms. The Morgan fingerprint density at radius 1 is 1.20 bits per heavy atom. The summed E-state index contributed by atoms with van der Waals surface area (Å²) in [6, 6.07) is 6.65. The van der Waals surface area contributed by atoms with Crippen LogP contribution in [0, 0.1) is 5.92 Å². The van der Waals surface area contributed by atoms with E-state index in [1.165, 1.54) is 30.4 Å². The molecule has 162 valence electrons. The van der Waals surface area contributed by atoms with E-state index >= 15 is 0 Å². The fraction of sp³-hybridized carbons (Fsp3) is 0.500. The molecule has 7 nitrogen and oxygen atoms in total. The van der Waals surface area contributed by atoms with Crippen LogP contribution in [0.25, 0.3) is 0 Å². The van der Waals surface area contributed by atoms with Crippen LogP contribution in [0.5, 0.6) is 0 Å². The first-order chi connectivity index (χ1) is 14.6. The molecule has 1 fully saturated rings. The lowest BCUT2D eigenvalue weighted by molar-refractivity contribution is -0.126. The quantitative estimate of drug-likeness (QED) is 0.584. The number of rotatable bonds is 9. The molecule has 2 aromatic rings. The number of nitrogens with one attached hydrogen (secondary N) is 2. The lowest BCUT2D eigenvalue weighted by Crippen LogP contribution is -2.45. The summed E-state index contributed by atoms with van der Waals surface area (Å²) in [7, 11) is 0. The molecule has 3 amide bonds. The normalized spacial score (nSPS) is 16.3. The van der Waals surface area contributed by atoms with Crippen molar-refractivity contribution in [2.45, 2.75) is 45.4 Å². The summed E-state index contributed by atoms with van der Waals surface area (Å²) in [6.45, 7) is 3.94. The minimum absolute atomic E-state index is 0.0431. The Bertz CT molecular complexity index is 846. The third kappa shape index (κ3) is 5.95. The van der Waals surface area contributed by atoms with E-state index in [1.807, 2.05) is 0 Å². The van der Waals surface area contributed by atoms with Crippen molar-refractivity contribution in [2.24, 2.45) is 5.92 Å². The SMILES string of the molecule is CCCCCCNC(=O)[C@H]1CCCN(C(=O)c2ccc(NC(=O)c3ccco3)s2)C1. The molecule has 0 unspecified atom stereocenters. The number of furan rings is 1. The third-order valence-electron chi connectivity index (χ3n) is 5.21. The van der Waals surface area contributed by atoms with Crippen LogP contribution in [0.2, 0.25) is 0 Å². The van der Waals surface area contributed by atoms with Gasteiger partial charge in [0.1, 0.15) is 0 Å². The van der Waals surface area contributed by atoms with Crippen molar-refractivity contribution >= 4 is 34.1 Å². The summed E-state index contributed by atoms with van der Waals surface area (Å²) in [5.74, 6) is -0.349. The Morgan fingerprint density at radius 2 is 2.07 bits per heavy atom. The average molecular weight is 432 g/mol. The van der Waals surface area contributed by atoms with Gasteiger partial charge in [0.2, 0.25) is 5.91 Å². The summed E-state index contributed by atoms with van der Waals surface area (Å²) in [4.78, 5) is 39.7. The van der Waals surface area contributed by atoms with E-state index in [1.54, 1.807) is 29.2 Å². The fourth-order valence-electron chi connectivity index (χ4n) is 3.54. The highest BCUT2D eigenvalue weighted by molar-refractivity contribution is 7.18. The first-order valence-electron chi connectivity index (χ1n) is 10.6. The van der Waals surface area contributed by atoms with Gasteiger partial charge in [-0.2, -0.15) is 0 Å². The van der Waals surface area contributed by atoms with Crippen molar-refractivity contribution in [3.05, 3.63) is 41.2 Å². The Balaban J connectivity index is 1.50. The van der Waals surface area contributed by atoms with Gasteiger partial charge in [-0.1, -0.05) is 26.2 Å². The van der Waals surface area contributed by atoms with Gasteiger partial charge in [0.05, 0.1) is 22.1 Å². The topological polar surface area (TPSA) is 91.7 Å². The van der Waals surface area contributed by atoms with Crippen molar-refractivity contribution in [3.63, 3.8) is 0 Å². The maximum absolute atomic E-state index is 12.9. The Morgan fingerprint density at radius 3 is 2.83 bits per heavy atom. The van der Waals surface area contributed by atoms with Gasteiger partial charge in [-0.3, -0.25) is 14.4 Å². The summed E-state index contributed by atoms with van der Waals surface area (Å²) in [6.07, 6.45) is 7.54. The largest absolute Gasteiger partial charge is 0.459 e. The second kappa shape index (κ2) is 11.0. The number of unbranched alkanes of at least 4 members (excludes halogenated alkanes) is 3. The van der Waals surface area contributed by atoms with Crippen LogP contribution in [0.1, 0.15) is 65.7 Å². The molecule has 1 saturated heterocycles. The van der Waals surface area contributed by atoms with Gasteiger partial charge < -0.3 is 20.0 Å². The number of amides is 3. The van der Waals surface area contributed by atoms with Gasteiger partial charge in [0.25, 0.3) is 11.8 Å². The minimum atomic E-state index is -0.352. The predicted molar refractivity (Wildman–Crippen MR) is 117 cm³/mol. The smallest absolute Gasteiger partial charge is 0.291 e. The molecular formula is C22H29N3O4S. The molecule has 1 atom stereocenters. The highest BCUT2D eigenvalue weighted by Crippen LogP contribution is 2.26. The van der Waals surface area contributed by atoms with Crippen LogP contribution in [0.15, 0.2) is 34.9 Å². The summed E-state index contributed by atoms with van der Waals surface area (Å²) < 4.78 is 5.08. The zero-order valence-corrected chi connectivity index (χ0v) is 18.1. The van der Waals surface area contributed by atoms with E-state index in [0.29, 0.717) is 29.5 Å². The Kier molecular flexibility index (Phi) is 8.07. The zero-order chi connectivity index (χ0) is 21.3. The monoisotopic (exact) mass is 431 g/mol. The maximum atomic E-state index is 12.9. The van der Waals surface area contributed by atoms with Crippen molar-refractivity contribution in [1.29, 1.82) is 0 Å². The minimum Gasteiger partial charge on any atom is -0.459 e. The first-order valence-corrected chi connectivity index (χ1v) is 11.4. The molecule has 2 N–H and O–H groups in total. The number of carbonyl (C=O) groups is 3. The summed E-state index contributed by atoms with van der Waals surface area (Å²) >= 11 is 1.23. The van der Waals surface area contributed by atoms with E-state index in [4.69, 9.17) is 4.42 Å². The molecule has 30 heavy (non-hydrogen) atoms. The van der Waals surface area contributed by atoms with Gasteiger partial charge in [-0.15, -0.1) is 11.3 Å². The van der Waals surface area contributed by atoms with E-state index in [-0.39, 0.29) is 29.4 Å². The van der Waals surface area contributed by atoms with E-state index in [0.717, 1.165) is 25.7 Å². The molecule has 2 aromatic heterocycles. The van der Waals surface area contributed by atoms with Crippen molar-refractivity contribution in [3.8, 4) is 0 Å². The van der Waals surface area contributed by atoms with Gasteiger partial charge in [-0.25, -0.2) is 0 Å². The lowest BCUT2D eigenvalue weighted by Gasteiger charge is -2.31. The second-order valence-electron chi connectivity index (χ2n) is 7.54. The number of anilines is 1. The van der Waals surface area contributed by atoms with Crippen LogP contribution in [-0.4, -0.2) is 42.3 Å². The maximum Gasteiger partial charge on any atom is 0.291 e. The molecule has 3 rings (SSSR count). The van der Waals surface area contributed by atoms with Gasteiger partial charge in [-0.05, 0) is 43.5 Å². The molecule has 0 aliphatic carbocycles. The molecule has 0 aromatic carbocycles. The molecule has 0 radical (unpaired) electrons. The molecule has 8 heteroatoms. The molecule has 0 spiro atoms. The van der Waals surface area contributed by atoms with Gasteiger partial charge >= 0.3 is 0 Å². The van der Waals surface area contributed by atoms with Crippen LogP contribution in [0.4, 0.5) is 5.00 Å². The number of hydrogen-bond donors (Lipinski definition) is 2. The second-order valence-corrected chi connectivity index (χ2v) is 8.62. The number of thiophene rings is 1. The van der Waals surface area contributed by atoms with Crippen molar-refractivity contribution in [1.82, 2.24) is 10.2 Å². The molecule has 0 saturated carbocycles. The van der Waals surface area contributed by atoms with E-state index in [2.05, 4.69) is 17.6 Å². The Labute approximate surface area is 180 Å². The summed E-state index contributed by atoms with van der Waals surface area (Å²) in [5, 5.41) is 6.34. The van der Waals surface area contributed by atoms with Crippen LogP contribution in [0.3, 0.4) is 0 Å². The number of likely N-dealkylation sites (tertiary alicyclic amines) is 1. The lowest BCUT2D eigenvalue weighted by atomic mass is 9.97. The molecular weight excluding hydrogens is 402 g/mol. The number of piperidine rings is 1. The molecule has 1 aliphatic rings. The predicted octanol–water partition coefficient (Wildman–Crippen LogP) is 4.14. The third-order valence-corrected chi connectivity index (χ3v) is 6.20. The van der Waals surface area contributed by atoms with Crippen molar-refractivity contribution < 1.29 is 18.8 Å². The number of carbonyl (C=O) groups excluding carboxylic acids is 3. The van der Waals surface area contributed by atoms with Crippen LogP contribution in [-0.2, 0) is 4.79 Å². The van der Waals surface area contributed by atoms with Gasteiger partial charge in [0, 0.05) is 19.6 Å².